The Bertz CT molecular complexity index is 1200. The zero-order valence-electron chi connectivity index (χ0n) is 17.7. The first-order valence-corrected chi connectivity index (χ1v) is 10.2. The van der Waals surface area contributed by atoms with Crippen LogP contribution in [0.1, 0.15) is 18.4 Å². The van der Waals surface area contributed by atoms with Crippen LogP contribution < -0.4 is 15.8 Å². The van der Waals surface area contributed by atoms with E-state index in [0.717, 1.165) is 24.2 Å². The number of nitrogens with one attached hydrogen (secondary N) is 1. The number of aliphatic carboxylic acids is 1. The molecule has 0 fully saturated rings. The molecule has 11 heteroatoms. The van der Waals surface area contributed by atoms with Gasteiger partial charge in [-0.05, 0) is 61.3 Å². The lowest BCUT2D eigenvalue weighted by molar-refractivity contribution is -0.137. The molecule has 0 saturated carbocycles. The van der Waals surface area contributed by atoms with Crippen LogP contribution in [0, 0.1) is 0 Å². The van der Waals surface area contributed by atoms with E-state index in [1.54, 1.807) is 35.1 Å². The van der Waals surface area contributed by atoms with Crippen molar-refractivity contribution in [3.63, 3.8) is 0 Å². The lowest BCUT2D eigenvalue weighted by Crippen LogP contribution is -2.05. The Kier molecular flexibility index (Phi) is 8.11. The van der Waals surface area contributed by atoms with Crippen LogP contribution >= 0.6 is 12.4 Å². The van der Waals surface area contributed by atoms with Crippen molar-refractivity contribution in [3.8, 4) is 11.4 Å². The van der Waals surface area contributed by atoms with Gasteiger partial charge in [0.1, 0.15) is 5.75 Å². The molecule has 0 saturated heterocycles. The minimum absolute atomic E-state index is 0. The summed E-state index contributed by atoms with van der Waals surface area (Å²) in [6, 6.07) is 15.2. The number of carboxylic acids is 1. The molecule has 0 bridgehead atoms. The predicted molar refractivity (Wildman–Crippen MR) is 127 cm³/mol. The summed E-state index contributed by atoms with van der Waals surface area (Å²) >= 11 is 0. The van der Waals surface area contributed by atoms with Gasteiger partial charge >= 0.3 is 5.97 Å². The van der Waals surface area contributed by atoms with Crippen molar-refractivity contribution < 1.29 is 14.6 Å². The Morgan fingerprint density at radius 2 is 1.88 bits per heavy atom. The van der Waals surface area contributed by atoms with E-state index < -0.39 is 5.97 Å². The fraction of sp³-hybridized carbons (Fsp3) is 0.227. The molecule has 0 amide bonds. The van der Waals surface area contributed by atoms with Gasteiger partial charge in [0, 0.05) is 5.69 Å². The Morgan fingerprint density at radius 3 is 2.58 bits per heavy atom. The predicted octanol–water partition coefficient (Wildman–Crippen LogP) is 3.12. The molecule has 2 aromatic carbocycles. The molecule has 0 aliphatic carbocycles. The monoisotopic (exact) mass is 469 g/mol. The van der Waals surface area contributed by atoms with Crippen molar-refractivity contribution in [2.45, 2.75) is 19.3 Å². The Morgan fingerprint density at radius 1 is 1.12 bits per heavy atom. The zero-order valence-corrected chi connectivity index (χ0v) is 18.5. The third-order valence-corrected chi connectivity index (χ3v) is 4.74. The SMILES string of the molecule is Cl.NCCCc1ccc(Nc2ncc3nnn(-c4ccc(OCCC(=O)O)cc4)c3n2)cc1. The number of carboxylic acid groups (broad SMARTS) is 1. The van der Waals surface area contributed by atoms with Gasteiger partial charge in [-0.15, -0.1) is 17.5 Å². The fourth-order valence-electron chi connectivity index (χ4n) is 3.09. The van der Waals surface area contributed by atoms with Gasteiger partial charge in [-0.1, -0.05) is 17.3 Å². The van der Waals surface area contributed by atoms with Gasteiger partial charge in [0.15, 0.2) is 11.2 Å². The highest BCUT2D eigenvalue weighted by molar-refractivity contribution is 5.85. The third-order valence-electron chi connectivity index (χ3n) is 4.74. The van der Waals surface area contributed by atoms with Crippen molar-refractivity contribution in [2.75, 3.05) is 18.5 Å². The molecule has 172 valence electrons. The fourth-order valence-corrected chi connectivity index (χ4v) is 3.09. The molecule has 0 atom stereocenters. The van der Waals surface area contributed by atoms with Gasteiger partial charge in [0.25, 0.3) is 0 Å². The van der Waals surface area contributed by atoms with Gasteiger partial charge in [0.05, 0.1) is 24.9 Å². The molecule has 10 nitrogen and oxygen atoms in total. The highest BCUT2D eigenvalue weighted by Crippen LogP contribution is 2.20. The van der Waals surface area contributed by atoms with Crippen LogP contribution in [0.4, 0.5) is 11.6 Å². The topological polar surface area (TPSA) is 141 Å². The largest absolute Gasteiger partial charge is 0.493 e. The second-order valence-corrected chi connectivity index (χ2v) is 7.10. The van der Waals surface area contributed by atoms with Gasteiger partial charge < -0.3 is 20.9 Å². The summed E-state index contributed by atoms with van der Waals surface area (Å²) in [6.45, 7) is 0.785. The van der Waals surface area contributed by atoms with E-state index in [1.807, 2.05) is 12.1 Å². The number of hydrogen-bond donors (Lipinski definition) is 3. The maximum absolute atomic E-state index is 10.6. The number of aryl methyl sites for hydroxylation is 1. The van der Waals surface area contributed by atoms with E-state index in [9.17, 15) is 4.79 Å². The first-order valence-electron chi connectivity index (χ1n) is 10.2. The highest BCUT2D eigenvalue weighted by atomic mass is 35.5. The smallest absolute Gasteiger partial charge is 0.306 e. The number of halogens is 1. The average molecular weight is 470 g/mol. The van der Waals surface area contributed by atoms with E-state index in [-0.39, 0.29) is 25.4 Å². The molecule has 4 aromatic rings. The molecule has 0 aliphatic heterocycles. The van der Waals surface area contributed by atoms with Crippen molar-refractivity contribution in [3.05, 3.63) is 60.3 Å². The standard InChI is InChI=1S/C22H23N7O3.ClH/c23-12-1-2-15-3-5-16(6-4-15)25-22-24-14-19-21(26-22)29(28-27-19)17-7-9-18(10-8-17)32-13-11-20(30)31;/h3-10,14H,1-2,11-13,23H2,(H,30,31)(H,24,25,26);1H. The molecule has 0 unspecified atom stereocenters. The quantitative estimate of drug-likeness (QED) is 0.319. The van der Waals surface area contributed by atoms with Crippen LogP contribution in [0.25, 0.3) is 16.9 Å². The van der Waals surface area contributed by atoms with Crippen molar-refractivity contribution in [1.29, 1.82) is 0 Å². The lowest BCUT2D eigenvalue weighted by atomic mass is 10.1. The van der Waals surface area contributed by atoms with E-state index >= 15 is 0 Å². The van der Waals surface area contributed by atoms with Gasteiger partial charge in [-0.3, -0.25) is 4.79 Å². The van der Waals surface area contributed by atoms with E-state index in [4.69, 9.17) is 15.6 Å². The summed E-state index contributed by atoms with van der Waals surface area (Å²) in [5, 5.41) is 20.2. The normalized spacial score (nSPS) is 10.6. The van der Waals surface area contributed by atoms with Crippen LogP contribution in [0.5, 0.6) is 5.75 Å². The van der Waals surface area contributed by atoms with Crippen molar-refractivity contribution in [2.24, 2.45) is 5.73 Å². The molecular formula is C22H24ClN7O3. The van der Waals surface area contributed by atoms with Crippen LogP contribution in [-0.4, -0.2) is 49.2 Å². The van der Waals surface area contributed by atoms with E-state index in [0.29, 0.717) is 29.4 Å². The Balaban J connectivity index is 0.00000306. The Labute approximate surface area is 196 Å². The average Bonchev–Trinajstić information content (AvgIpc) is 3.22. The maximum atomic E-state index is 10.6. The van der Waals surface area contributed by atoms with E-state index in [1.165, 1.54) is 5.56 Å². The van der Waals surface area contributed by atoms with Crippen LogP contribution in [-0.2, 0) is 11.2 Å². The lowest BCUT2D eigenvalue weighted by Gasteiger charge is -2.08. The molecule has 33 heavy (non-hydrogen) atoms. The first-order chi connectivity index (χ1) is 15.6. The van der Waals surface area contributed by atoms with Gasteiger partial charge in [-0.2, -0.15) is 9.67 Å². The summed E-state index contributed by atoms with van der Waals surface area (Å²) in [4.78, 5) is 19.5. The third kappa shape index (κ3) is 6.15. The van der Waals surface area contributed by atoms with E-state index in [2.05, 4.69) is 37.7 Å². The van der Waals surface area contributed by atoms with Gasteiger partial charge in [-0.25, -0.2) is 4.98 Å². The number of nitrogens with two attached hydrogens (primary N) is 1. The second-order valence-electron chi connectivity index (χ2n) is 7.10. The summed E-state index contributed by atoms with van der Waals surface area (Å²) in [6.07, 6.45) is 3.47. The molecule has 2 aromatic heterocycles. The Hall–Kier alpha value is -3.76. The summed E-state index contributed by atoms with van der Waals surface area (Å²) in [5.41, 5.74) is 9.54. The number of benzene rings is 2. The minimum Gasteiger partial charge on any atom is -0.493 e. The zero-order chi connectivity index (χ0) is 22.3. The second kappa shape index (κ2) is 11.2. The van der Waals surface area contributed by atoms with Crippen molar-refractivity contribution in [1.82, 2.24) is 25.0 Å². The van der Waals surface area contributed by atoms with Gasteiger partial charge in [0.2, 0.25) is 5.95 Å². The molecule has 0 spiro atoms. The first kappa shape index (κ1) is 23.9. The molecule has 2 heterocycles. The summed E-state index contributed by atoms with van der Waals surface area (Å²) < 4.78 is 7.03. The summed E-state index contributed by atoms with van der Waals surface area (Å²) in [7, 11) is 0. The number of hydrogen-bond acceptors (Lipinski definition) is 8. The molecule has 4 rings (SSSR count). The molecular weight excluding hydrogens is 446 g/mol. The van der Waals surface area contributed by atoms with Crippen LogP contribution in [0.15, 0.2) is 54.7 Å². The maximum Gasteiger partial charge on any atom is 0.306 e. The number of ether oxygens (including phenoxy) is 1. The highest BCUT2D eigenvalue weighted by Gasteiger charge is 2.11. The molecule has 0 radical (unpaired) electrons. The number of carbonyl (C=O) groups is 1. The number of nitrogens with zero attached hydrogens (tertiary/aromatic N) is 5. The van der Waals surface area contributed by atoms with Crippen LogP contribution in [0.3, 0.4) is 0 Å². The van der Waals surface area contributed by atoms with Crippen molar-refractivity contribution >= 4 is 41.2 Å². The molecule has 0 aliphatic rings. The van der Waals surface area contributed by atoms with Crippen LogP contribution in [0.2, 0.25) is 0 Å². The number of aromatic nitrogens is 5. The number of fused-ring (bicyclic) bond motifs is 1. The number of anilines is 2. The minimum atomic E-state index is -0.901. The summed E-state index contributed by atoms with van der Waals surface area (Å²) in [5.74, 6) is 0.109. The molecule has 4 N–H and O–H groups in total. The number of rotatable bonds is 10.